The Bertz CT molecular complexity index is 625. The minimum atomic E-state index is -4.86. The summed E-state index contributed by atoms with van der Waals surface area (Å²) in [4.78, 5) is -0.203. The van der Waals surface area contributed by atoms with Gasteiger partial charge in [0, 0.05) is 25.2 Å². The standard InChI is InChI=1S/C13H17F3N2O3S.ClH/c1-17-10-4-3-7-18(9-10)22(19,20)12-6-2-5-11(8-12)21-13(14,15)16;/h2,5-6,8,10,17H,3-4,7,9H2,1H3;1H. The molecule has 23 heavy (non-hydrogen) atoms. The molecule has 1 unspecified atom stereocenters. The molecule has 0 radical (unpaired) electrons. The second-order valence-electron chi connectivity index (χ2n) is 5.01. The van der Waals surface area contributed by atoms with E-state index in [2.05, 4.69) is 10.1 Å². The number of sulfonamides is 1. The summed E-state index contributed by atoms with van der Waals surface area (Å²) < 4.78 is 66.8. The number of hydrogen-bond acceptors (Lipinski definition) is 4. The number of halogens is 4. The van der Waals surface area contributed by atoms with Crippen LogP contribution in [0.4, 0.5) is 13.2 Å². The average Bonchev–Trinajstić information content (AvgIpc) is 2.46. The van der Waals surface area contributed by atoms with Crippen molar-refractivity contribution < 1.29 is 26.3 Å². The Morgan fingerprint density at radius 1 is 1.35 bits per heavy atom. The Labute approximate surface area is 139 Å². The van der Waals surface area contributed by atoms with Crippen molar-refractivity contribution in [3.05, 3.63) is 24.3 Å². The normalized spacial score (nSPS) is 19.9. The van der Waals surface area contributed by atoms with Gasteiger partial charge in [-0.05, 0) is 32.0 Å². The summed E-state index contributed by atoms with van der Waals surface area (Å²) in [7, 11) is -2.09. The van der Waals surface area contributed by atoms with E-state index in [9.17, 15) is 21.6 Å². The van der Waals surface area contributed by atoms with Gasteiger partial charge in [-0.25, -0.2) is 8.42 Å². The zero-order valence-corrected chi connectivity index (χ0v) is 14.0. The molecule has 0 aromatic heterocycles. The van der Waals surface area contributed by atoms with Crippen LogP contribution in [0.5, 0.6) is 5.75 Å². The molecule has 1 aromatic rings. The molecule has 1 fully saturated rings. The third kappa shape index (κ3) is 5.23. The number of likely N-dealkylation sites (N-methyl/N-ethyl adjacent to an activating group) is 1. The summed E-state index contributed by atoms with van der Waals surface area (Å²) in [6.45, 7) is 0.647. The first-order valence-corrected chi connectivity index (χ1v) is 8.19. The van der Waals surface area contributed by atoms with Crippen LogP contribution in [0.2, 0.25) is 0 Å². The van der Waals surface area contributed by atoms with Gasteiger partial charge in [0.05, 0.1) is 4.90 Å². The van der Waals surface area contributed by atoms with E-state index in [-0.39, 0.29) is 23.3 Å². The highest BCUT2D eigenvalue weighted by atomic mass is 35.5. The second-order valence-corrected chi connectivity index (χ2v) is 6.95. The zero-order valence-electron chi connectivity index (χ0n) is 12.3. The van der Waals surface area contributed by atoms with Crippen LogP contribution in [0, 0.1) is 0 Å². The summed E-state index contributed by atoms with van der Waals surface area (Å²) in [6, 6.07) is 4.50. The van der Waals surface area contributed by atoms with E-state index < -0.39 is 22.1 Å². The predicted octanol–water partition coefficient (Wildman–Crippen LogP) is 2.38. The molecule has 5 nitrogen and oxygen atoms in total. The molecule has 132 valence electrons. The monoisotopic (exact) mass is 374 g/mol. The number of benzene rings is 1. The smallest absolute Gasteiger partial charge is 0.406 e. The number of alkyl halides is 3. The lowest BCUT2D eigenvalue weighted by Crippen LogP contribution is -2.46. The predicted molar refractivity (Wildman–Crippen MR) is 81.2 cm³/mol. The molecule has 1 saturated heterocycles. The van der Waals surface area contributed by atoms with Gasteiger partial charge in [-0.15, -0.1) is 25.6 Å². The Morgan fingerprint density at radius 3 is 2.65 bits per heavy atom. The minimum Gasteiger partial charge on any atom is -0.406 e. The molecule has 1 aliphatic rings. The van der Waals surface area contributed by atoms with E-state index in [1.54, 1.807) is 7.05 Å². The molecule has 0 spiro atoms. The lowest BCUT2D eigenvalue weighted by atomic mass is 10.1. The van der Waals surface area contributed by atoms with Crippen molar-refractivity contribution in [3.8, 4) is 5.75 Å². The Balaban J connectivity index is 0.00000264. The SMILES string of the molecule is CNC1CCCN(S(=O)(=O)c2cccc(OC(F)(F)F)c2)C1.Cl. The van der Waals surface area contributed by atoms with Crippen molar-refractivity contribution in [3.63, 3.8) is 0 Å². The maximum Gasteiger partial charge on any atom is 0.573 e. The van der Waals surface area contributed by atoms with Crippen molar-refractivity contribution in [1.29, 1.82) is 0 Å². The van der Waals surface area contributed by atoms with Crippen LogP contribution >= 0.6 is 12.4 Å². The quantitative estimate of drug-likeness (QED) is 0.879. The fourth-order valence-electron chi connectivity index (χ4n) is 2.38. The molecule has 1 atom stereocenters. The van der Waals surface area contributed by atoms with Gasteiger partial charge >= 0.3 is 6.36 Å². The summed E-state index contributed by atoms with van der Waals surface area (Å²) in [5, 5.41) is 3.02. The van der Waals surface area contributed by atoms with Gasteiger partial charge in [-0.2, -0.15) is 4.31 Å². The number of nitrogens with one attached hydrogen (secondary N) is 1. The third-order valence-electron chi connectivity index (χ3n) is 3.47. The molecular weight excluding hydrogens is 357 g/mol. The summed E-state index contributed by atoms with van der Waals surface area (Å²) in [6.07, 6.45) is -3.30. The fourth-order valence-corrected chi connectivity index (χ4v) is 3.94. The lowest BCUT2D eigenvalue weighted by molar-refractivity contribution is -0.274. The number of piperidine rings is 1. The maximum atomic E-state index is 12.5. The highest BCUT2D eigenvalue weighted by molar-refractivity contribution is 7.89. The van der Waals surface area contributed by atoms with Crippen LogP contribution in [-0.2, 0) is 10.0 Å². The van der Waals surface area contributed by atoms with Crippen LogP contribution in [0.25, 0.3) is 0 Å². The lowest BCUT2D eigenvalue weighted by Gasteiger charge is -2.31. The molecule has 0 aliphatic carbocycles. The van der Waals surface area contributed by atoms with Crippen molar-refractivity contribution in [2.24, 2.45) is 0 Å². The van der Waals surface area contributed by atoms with Crippen molar-refractivity contribution in [2.75, 3.05) is 20.1 Å². The molecule has 1 aromatic carbocycles. The van der Waals surface area contributed by atoms with Crippen molar-refractivity contribution in [1.82, 2.24) is 9.62 Å². The highest BCUT2D eigenvalue weighted by Gasteiger charge is 2.33. The van der Waals surface area contributed by atoms with Crippen LogP contribution in [-0.4, -0.2) is 45.3 Å². The number of hydrogen-bond donors (Lipinski definition) is 1. The molecular formula is C13H18ClF3N2O3S. The van der Waals surface area contributed by atoms with Crippen LogP contribution in [0.1, 0.15) is 12.8 Å². The van der Waals surface area contributed by atoms with Crippen molar-refractivity contribution in [2.45, 2.75) is 30.1 Å². The Morgan fingerprint density at radius 2 is 2.04 bits per heavy atom. The van der Waals surface area contributed by atoms with Crippen LogP contribution < -0.4 is 10.1 Å². The molecule has 0 bridgehead atoms. The topological polar surface area (TPSA) is 58.6 Å². The first kappa shape index (κ1) is 20.0. The molecule has 1 heterocycles. The van der Waals surface area contributed by atoms with Gasteiger partial charge < -0.3 is 10.1 Å². The first-order chi connectivity index (χ1) is 10.2. The molecule has 0 saturated carbocycles. The van der Waals surface area contributed by atoms with Gasteiger partial charge in [0.2, 0.25) is 10.0 Å². The molecule has 0 amide bonds. The van der Waals surface area contributed by atoms with E-state index in [0.717, 1.165) is 18.6 Å². The van der Waals surface area contributed by atoms with Gasteiger partial charge in [0.15, 0.2) is 0 Å². The third-order valence-corrected chi connectivity index (χ3v) is 5.33. The highest BCUT2D eigenvalue weighted by Crippen LogP contribution is 2.27. The summed E-state index contributed by atoms with van der Waals surface area (Å²) in [5.41, 5.74) is 0. The van der Waals surface area contributed by atoms with Gasteiger partial charge in [0.25, 0.3) is 0 Å². The van der Waals surface area contributed by atoms with Gasteiger partial charge in [-0.1, -0.05) is 6.07 Å². The summed E-state index contributed by atoms with van der Waals surface area (Å²) >= 11 is 0. The van der Waals surface area contributed by atoms with Gasteiger partial charge in [-0.3, -0.25) is 0 Å². The Hall–Kier alpha value is -1.03. The largest absolute Gasteiger partial charge is 0.573 e. The second kappa shape index (κ2) is 7.69. The van der Waals surface area contributed by atoms with E-state index in [4.69, 9.17) is 0 Å². The van der Waals surface area contributed by atoms with Crippen LogP contribution in [0.15, 0.2) is 29.2 Å². The van der Waals surface area contributed by atoms with Crippen molar-refractivity contribution >= 4 is 22.4 Å². The summed E-state index contributed by atoms with van der Waals surface area (Å²) in [5.74, 6) is -0.546. The van der Waals surface area contributed by atoms with E-state index in [1.165, 1.54) is 16.4 Å². The first-order valence-electron chi connectivity index (χ1n) is 6.75. The Kier molecular flexibility index (Phi) is 6.70. The molecule has 10 heteroatoms. The maximum absolute atomic E-state index is 12.5. The van der Waals surface area contributed by atoms with E-state index >= 15 is 0 Å². The number of rotatable bonds is 4. The molecule has 1 aliphatic heterocycles. The average molecular weight is 375 g/mol. The van der Waals surface area contributed by atoms with E-state index in [0.29, 0.717) is 19.5 Å². The number of nitrogens with zero attached hydrogens (tertiary/aromatic N) is 1. The van der Waals surface area contributed by atoms with Crippen LogP contribution in [0.3, 0.4) is 0 Å². The molecule has 2 rings (SSSR count). The van der Waals surface area contributed by atoms with E-state index in [1.807, 2.05) is 0 Å². The fraction of sp³-hybridized carbons (Fsp3) is 0.538. The minimum absolute atomic E-state index is 0. The van der Waals surface area contributed by atoms with Gasteiger partial charge in [0.1, 0.15) is 5.75 Å². The zero-order chi connectivity index (χ0) is 16.4. The molecule has 1 N–H and O–H groups in total. The number of ether oxygens (including phenoxy) is 1.